The number of thiazole rings is 1. The van der Waals surface area contributed by atoms with Gasteiger partial charge in [0.15, 0.2) is 0 Å². The average Bonchev–Trinajstić information content (AvgIpc) is 2.80. The van der Waals surface area contributed by atoms with Crippen LogP contribution in [0.25, 0.3) is 20.1 Å². The van der Waals surface area contributed by atoms with Gasteiger partial charge in [-0.3, -0.25) is 0 Å². The number of nitrogens with two attached hydrogens (primary N) is 1. The predicted molar refractivity (Wildman–Crippen MR) is 72.0 cm³/mol. The zero-order valence-electron chi connectivity index (χ0n) is 9.03. The summed E-state index contributed by atoms with van der Waals surface area (Å²) in [6, 6.07) is 6.62. The molecule has 2 aromatic heterocycles. The van der Waals surface area contributed by atoms with Gasteiger partial charge >= 0.3 is 0 Å². The van der Waals surface area contributed by atoms with Crippen molar-refractivity contribution < 1.29 is 4.39 Å². The van der Waals surface area contributed by atoms with E-state index in [-0.39, 0.29) is 5.82 Å². The quantitative estimate of drug-likeness (QED) is 0.720. The molecule has 0 unspecified atom stereocenters. The Bertz CT molecular complexity index is 700. The van der Waals surface area contributed by atoms with Crippen molar-refractivity contribution in [2.75, 3.05) is 5.73 Å². The lowest BCUT2D eigenvalue weighted by Crippen LogP contribution is -1.74. The van der Waals surface area contributed by atoms with Crippen molar-refractivity contribution >= 4 is 37.9 Å². The molecule has 0 atom stereocenters. The summed E-state index contributed by atoms with van der Waals surface area (Å²) in [5.74, 6) is -0.253. The standard InChI is InChI=1S/C12H9FN2S2/c1-6-4-10(14)17-11(6)12-15-8-5-7(13)2-3-9(8)16-12/h2-5H,14H2,1H3. The fourth-order valence-corrected chi connectivity index (χ4v) is 3.74. The van der Waals surface area contributed by atoms with Crippen LogP contribution in [0.1, 0.15) is 5.56 Å². The number of hydrogen-bond donors (Lipinski definition) is 1. The minimum Gasteiger partial charge on any atom is -0.391 e. The maximum Gasteiger partial charge on any atom is 0.134 e. The SMILES string of the molecule is Cc1cc(N)sc1-c1nc2cc(F)ccc2s1. The predicted octanol–water partition coefficient (Wildman–Crippen LogP) is 4.05. The molecule has 0 spiro atoms. The molecular weight excluding hydrogens is 255 g/mol. The summed E-state index contributed by atoms with van der Waals surface area (Å²) in [5.41, 5.74) is 7.59. The van der Waals surface area contributed by atoms with Crippen molar-refractivity contribution in [3.63, 3.8) is 0 Å². The number of halogens is 1. The molecule has 2 N–H and O–H groups in total. The second-order valence-electron chi connectivity index (χ2n) is 3.79. The number of fused-ring (bicyclic) bond motifs is 1. The zero-order valence-corrected chi connectivity index (χ0v) is 10.7. The van der Waals surface area contributed by atoms with Gasteiger partial charge in [-0.2, -0.15) is 0 Å². The first-order valence-electron chi connectivity index (χ1n) is 5.06. The van der Waals surface area contributed by atoms with Crippen LogP contribution in [0.3, 0.4) is 0 Å². The van der Waals surface area contributed by atoms with Crippen molar-refractivity contribution in [3.05, 3.63) is 35.6 Å². The van der Waals surface area contributed by atoms with Gasteiger partial charge < -0.3 is 5.73 Å². The van der Waals surface area contributed by atoms with Gasteiger partial charge in [-0.1, -0.05) is 0 Å². The number of anilines is 1. The van der Waals surface area contributed by atoms with E-state index in [1.165, 1.54) is 23.5 Å². The highest BCUT2D eigenvalue weighted by atomic mass is 32.1. The summed E-state index contributed by atoms with van der Waals surface area (Å²) in [5, 5.41) is 1.69. The van der Waals surface area contributed by atoms with Crippen molar-refractivity contribution in [2.24, 2.45) is 0 Å². The third-order valence-electron chi connectivity index (χ3n) is 2.48. The van der Waals surface area contributed by atoms with Crippen molar-refractivity contribution in [1.82, 2.24) is 4.98 Å². The van der Waals surface area contributed by atoms with Gasteiger partial charge in [-0.25, -0.2) is 9.37 Å². The van der Waals surface area contributed by atoms with Gasteiger partial charge in [-0.05, 0) is 30.7 Å². The van der Waals surface area contributed by atoms with Gasteiger partial charge in [0.05, 0.1) is 20.1 Å². The van der Waals surface area contributed by atoms with E-state index in [0.717, 1.165) is 25.1 Å². The van der Waals surface area contributed by atoms with E-state index in [4.69, 9.17) is 5.73 Å². The number of aryl methyl sites for hydroxylation is 1. The second kappa shape index (κ2) is 3.78. The van der Waals surface area contributed by atoms with E-state index < -0.39 is 0 Å². The summed E-state index contributed by atoms with van der Waals surface area (Å²) in [4.78, 5) is 5.52. The van der Waals surface area contributed by atoms with Crippen LogP contribution in [0.4, 0.5) is 9.39 Å². The highest BCUT2D eigenvalue weighted by Gasteiger charge is 2.11. The molecule has 0 aliphatic carbocycles. The lowest BCUT2D eigenvalue weighted by Gasteiger charge is -1.90. The van der Waals surface area contributed by atoms with E-state index in [1.54, 1.807) is 17.4 Å². The Morgan fingerprint density at radius 2 is 2.06 bits per heavy atom. The minimum atomic E-state index is -0.253. The van der Waals surface area contributed by atoms with Crippen LogP contribution in [-0.4, -0.2) is 4.98 Å². The van der Waals surface area contributed by atoms with E-state index in [2.05, 4.69) is 4.98 Å². The molecule has 0 aliphatic heterocycles. The van der Waals surface area contributed by atoms with E-state index >= 15 is 0 Å². The van der Waals surface area contributed by atoms with Gasteiger partial charge in [0.25, 0.3) is 0 Å². The summed E-state index contributed by atoms with van der Waals surface area (Å²) >= 11 is 3.08. The molecule has 0 bridgehead atoms. The smallest absolute Gasteiger partial charge is 0.134 e. The highest BCUT2D eigenvalue weighted by Crippen LogP contribution is 2.38. The van der Waals surface area contributed by atoms with Crippen LogP contribution in [0.2, 0.25) is 0 Å². The second-order valence-corrected chi connectivity index (χ2v) is 5.91. The number of nitrogen functional groups attached to an aromatic ring is 1. The van der Waals surface area contributed by atoms with Crippen LogP contribution in [0.5, 0.6) is 0 Å². The summed E-state index contributed by atoms with van der Waals surface area (Å²) in [6.45, 7) is 2.01. The minimum absolute atomic E-state index is 0.253. The molecule has 2 nitrogen and oxygen atoms in total. The van der Waals surface area contributed by atoms with Crippen molar-refractivity contribution in [3.8, 4) is 9.88 Å². The van der Waals surface area contributed by atoms with E-state index in [0.29, 0.717) is 5.52 Å². The molecule has 0 fully saturated rings. The molecule has 2 heterocycles. The number of thiophene rings is 1. The molecule has 5 heteroatoms. The monoisotopic (exact) mass is 264 g/mol. The van der Waals surface area contributed by atoms with Crippen molar-refractivity contribution in [1.29, 1.82) is 0 Å². The normalized spacial score (nSPS) is 11.2. The molecule has 0 amide bonds. The van der Waals surface area contributed by atoms with Crippen LogP contribution in [-0.2, 0) is 0 Å². The molecule has 0 saturated carbocycles. The largest absolute Gasteiger partial charge is 0.391 e. The number of rotatable bonds is 1. The molecule has 0 radical (unpaired) electrons. The molecule has 3 rings (SSSR count). The Morgan fingerprint density at radius 3 is 2.76 bits per heavy atom. The molecule has 86 valence electrons. The maximum atomic E-state index is 13.1. The van der Waals surface area contributed by atoms with Gasteiger partial charge in [0.2, 0.25) is 0 Å². The van der Waals surface area contributed by atoms with Crippen LogP contribution in [0, 0.1) is 12.7 Å². The van der Waals surface area contributed by atoms with Gasteiger partial charge in [0.1, 0.15) is 10.8 Å². The number of nitrogens with zero attached hydrogens (tertiary/aromatic N) is 1. The topological polar surface area (TPSA) is 38.9 Å². The van der Waals surface area contributed by atoms with Crippen molar-refractivity contribution in [2.45, 2.75) is 6.92 Å². The molecule has 0 saturated heterocycles. The summed E-state index contributed by atoms with van der Waals surface area (Å²) in [7, 11) is 0. The van der Waals surface area contributed by atoms with E-state index in [1.807, 2.05) is 13.0 Å². The first-order chi connectivity index (χ1) is 8.13. The molecule has 1 aromatic carbocycles. The third-order valence-corrected chi connectivity index (χ3v) is 4.74. The third kappa shape index (κ3) is 1.81. The Hall–Kier alpha value is -1.46. The zero-order chi connectivity index (χ0) is 12.0. The van der Waals surface area contributed by atoms with Gasteiger partial charge in [-0.15, -0.1) is 22.7 Å². The average molecular weight is 264 g/mol. The van der Waals surface area contributed by atoms with E-state index in [9.17, 15) is 4.39 Å². The fourth-order valence-electron chi connectivity index (χ4n) is 1.72. The molecule has 0 aliphatic rings. The lowest BCUT2D eigenvalue weighted by atomic mass is 10.3. The summed E-state index contributed by atoms with van der Waals surface area (Å²) < 4.78 is 14.1. The Balaban J connectivity index is 2.21. The first kappa shape index (κ1) is 10.7. The summed E-state index contributed by atoms with van der Waals surface area (Å²) in [6.07, 6.45) is 0. The number of benzene rings is 1. The maximum absolute atomic E-state index is 13.1. The molecule has 3 aromatic rings. The Morgan fingerprint density at radius 1 is 1.24 bits per heavy atom. The Labute approximate surface area is 106 Å². The lowest BCUT2D eigenvalue weighted by molar-refractivity contribution is 0.629. The Kier molecular flexibility index (Phi) is 2.38. The van der Waals surface area contributed by atoms with Gasteiger partial charge in [0, 0.05) is 6.07 Å². The number of hydrogen-bond acceptors (Lipinski definition) is 4. The van der Waals surface area contributed by atoms with Crippen LogP contribution in [0.15, 0.2) is 24.3 Å². The number of aromatic nitrogens is 1. The van der Waals surface area contributed by atoms with Crippen LogP contribution >= 0.6 is 22.7 Å². The first-order valence-corrected chi connectivity index (χ1v) is 6.69. The highest BCUT2D eigenvalue weighted by molar-refractivity contribution is 7.26. The molecule has 17 heavy (non-hydrogen) atoms. The molecular formula is C12H9FN2S2. The van der Waals surface area contributed by atoms with Crippen LogP contribution < -0.4 is 5.73 Å². The fraction of sp³-hybridized carbons (Fsp3) is 0.0833.